The Morgan fingerprint density at radius 2 is 1.79 bits per heavy atom. The molecule has 24 heavy (non-hydrogen) atoms. The summed E-state index contributed by atoms with van der Waals surface area (Å²) in [5.41, 5.74) is 1.95. The van der Waals surface area contributed by atoms with Gasteiger partial charge in [-0.05, 0) is 30.0 Å². The standard InChI is InChI=1S/C20H14ClNOS/c1-12-9-10-15-17(11-12)24-19(18(15)21)20(23)22-16-8-4-6-13-5-2-3-7-14(13)16/h2-11H,1H3,(H,22,23). The molecule has 4 heteroatoms. The molecule has 0 bridgehead atoms. The van der Waals surface area contributed by atoms with Crippen LogP contribution < -0.4 is 5.32 Å². The van der Waals surface area contributed by atoms with Crippen LogP contribution >= 0.6 is 22.9 Å². The van der Waals surface area contributed by atoms with E-state index in [-0.39, 0.29) is 5.91 Å². The van der Waals surface area contributed by atoms with Gasteiger partial charge < -0.3 is 5.32 Å². The van der Waals surface area contributed by atoms with E-state index >= 15 is 0 Å². The van der Waals surface area contributed by atoms with Gasteiger partial charge >= 0.3 is 0 Å². The summed E-state index contributed by atoms with van der Waals surface area (Å²) in [7, 11) is 0. The predicted molar refractivity (Wildman–Crippen MR) is 103 cm³/mol. The first-order chi connectivity index (χ1) is 11.6. The molecule has 1 amide bonds. The average Bonchev–Trinajstić information content (AvgIpc) is 2.91. The summed E-state index contributed by atoms with van der Waals surface area (Å²) in [4.78, 5) is 13.3. The summed E-state index contributed by atoms with van der Waals surface area (Å²) in [6.45, 7) is 2.03. The number of thiophene rings is 1. The van der Waals surface area contributed by atoms with Crippen LogP contribution in [0.15, 0.2) is 60.7 Å². The topological polar surface area (TPSA) is 29.1 Å². The first kappa shape index (κ1) is 15.2. The van der Waals surface area contributed by atoms with E-state index < -0.39 is 0 Å². The Morgan fingerprint density at radius 3 is 2.67 bits per heavy atom. The van der Waals surface area contributed by atoms with Crippen LogP contribution in [0.2, 0.25) is 5.02 Å². The van der Waals surface area contributed by atoms with Crippen LogP contribution in [0.5, 0.6) is 0 Å². The summed E-state index contributed by atoms with van der Waals surface area (Å²) in [5.74, 6) is -0.171. The molecule has 1 N–H and O–H groups in total. The zero-order valence-electron chi connectivity index (χ0n) is 13.0. The van der Waals surface area contributed by atoms with Gasteiger partial charge in [-0.2, -0.15) is 0 Å². The van der Waals surface area contributed by atoms with E-state index in [1.807, 2.05) is 61.5 Å². The fraction of sp³-hybridized carbons (Fsp3) is 0.0500. The number of hydrogen-bond donors (Lipinski definition) is 1. The van der Waals surface area contributed by atoms with E-state index in [0.29, 0.717) is 9.90 Å². The Morgan fingerprint density at radius 1 is 1.00 bits per heavy atom. The number of aryl methyl sites for hydroxylation is 1. The number of nitrogens with one attached hydrogen (secondary N) is 1. The minimum Gasteiger partial charge on any atom is -0.321 e. The Balaban J connectivity index is 1.75. The third-order valence-corrected chi connectivity index (χ3v) is 5.68. The number of halogens is 1. The van der Waals surface area contributed by atoms with Gasteiger partial charge in [0.25, 0.3) is 5.91 Å². The highest BCUT2D eigenvalue weighted by molar-refractivity contribution is 7.21. The van der Waals surface area contributed by atoms with Crippen LogP contribution in [0.3, 0.4) is 0 Å². The molecule has 3 aromatic carbocycles. The van der Waals surface area contributed by atoms with Crippen molar-refractivity contribution in [2.75, 3.05) is 5.32 Å². The second kappa shape index (κ2) is 5.93. The van der Waals surface area contributed by atoms with Crippen LogP contribution in [0.1, 0.15) is 15.2 Å². The molecule has 0 radical (unpaired) electrons. The van der Waals surface area contributed by atoms with E-state index in [2.05, 4.69) is 11.4 Å². The molecule has 0 aliphatic rings. The number of anilines is 1. The highest BCUT2D eigenvalue weighted by Gasteiger charge is 2.18. The fourth-order valence-electron chi connectivity index (χ4n) is 2.83. The molecule has 0 fully saturated rings. The van der Waals surface area contributed by atoms with Gasteiger partial charge in [-0.1, -0.05) is 60.1 Å². The van der Waals surface area contributed by atoms with Crippen molar-refractivity contribution < 1.29 is 4.79 Å². The lowest BCUT2D eigenvalue weighted by molar-refractivity contribution is 0.103. The van der Waals surface area contributed by atoms with Crippen molar-refractivity contribution in [1.82, 2.24) is 0 Å². The number of hydrogen-bond acceptors (Lipinski definition) is 2. The average molecular weight is 352 g/mol. The summed E-state index contributed by atoms with van der Waals surface area (Å²) >= 11 is 7.87. The van der Waals surface area contributed by atoms with Crippen LogP contribution in [-0.2, 0) is 0 Å². The van der Waals surface area contributed by atoms with E-state index in [1.54, 1.807) is 0 Å². The van der Waals surface area contributed by atoms with Crippen LogP contribution in [-0.4, -0.2) is 5.91 Å². The minimum absolute atomic E-state index is 0.171. The van der Waals surface area contributed by atoms with Crippen molar-refractivity contribution in [3.05, 3.63) is 76.1 Å². The van der Waals surface area contributed by atoms with E-state index in [9.17, 15) is 4.79 Å². The summed E-state index contributed by atoms with van der Waals surface area (Å²) < 4.78 is 1.03. The minimum atomic E-state index is -0.171. The van der Waals surface area contributed by atoms with Crippen LogP contribution in [0.4, 0.5) is 5.69 Å². The van der Waals surface area contributed by atoms with Gasteiger partial charge in [-0.15, -0.1) is 11.3 Å². The molecule has 0 atom stereocenters. The number of carbonyl (C=O) groups is 1. The Kier molecular flexibility index (Phi) is 3.75. The van der Waals surface area contributed by atoms with Crippen molar-refractivity contribution in [3.8, 4) is 0 Å². The van der Waals surface area contributed by atoms with E-state index in [4.69, 9.17) is 11.6 Å². The zero-order chi connectivity index (χ0) is 16.7. The lowest BCUT2D eigenvalue weighted by atomic mass is 10.1. The lowest BCUT2D eigenvalue weighted by Gasteiger charge is -2.08. The largest absolute Gasteiger partial charge is 0.321 e. The summed E-state index contributed by atoms with van der Waals surface area (Å²) in [6, 6.07) is 19.9. The van der Waals surface area contributed by atoms with Crippen molar-refractivity contribution in [3.63, 3.8) is 0 Å². The molecule has 4 rings (SSSR count). The molecule has 0 aliphatic carbocycles. The van der Waals surface area contributed by atoms with Gasteiger partial charge in [-0.3, -0.25) is 4.79 Å². The second-order valence-electron chi connectivity index (χ2n) is 5.73. The van der Waals surface area contributed by atoms with Crippen LogP contribution in [0.25, 0.3) is 20.9 Å². The molecule has 1 aromatic heterocycles. The molecular formula is C20H14ClNOS. The highest BCUT2D eigenvalue weighted by atomic mass is 35.5. The third-order valence-electron chi connectivity index (χ3n) is 4.03. The van der Waals surface area contributed by atoms with E-state index in [0.717, 1.165) is 32.1 Å². The van der Waals surface area contributed by atoms with Gasteiger partial charge in [0.2, 0.25) is 0 Å². The molecule has 0 saturated heterocycles. The highest BCUT2D eigenvalue weighted by Crippen LogP contribution is 2.36. The van der Waals surface area contributed by atoms with Gasteiger partial charge in [0.15, 0.2) is 0 Å². The Bertz CT molecular complexity index is 1080. The molecule has 2 nitrogen and oxygen atoms in total. The van der Waals surface area contributed by atoms with Crippen molar-refractivity contribution in [1.29, 1.82) is 0 Å². The molecule has 4 aromatic rings. The molecule has 0 saturated carbocycles. The quantitative estimate of drug-likeness (QED) is 0.453. The summed E-state index contributed by atoms with van der Waals surface area (Å²) in [5, 5.41) is 6.56. The molecule has 118 valence electrons. The number of fused-ring (bicyclic) bond motifs is 2. The molecule has 0 unspecified atom stereocenters. The van der Waals surface area contributed by atoms with Gasteiger partial charge in [0.1, 0.15) is 4.88 Å². The zero-order valence-corrected chi connectivity index (χ0v) is 14.5. The molecular weight excluding hydrogens is 338 g/mol. The Labute approximate surface area is 148 Å². The number of rotatable bonds is 2. The van der Waals surface area contributed by atoms with Crippen LogP contribution in [0, 0.1) is 6.92 Å². The maximum Gasteiger partial charge on any atom is 0.267 e. The predicted octanol–water partition coefficient (Wildman–Crippen LogP) is 6.27. The molecule has 0 aliphatic heterocycles. The number of amides is 1. The smallest absolute Gasteiger partial charge is 0.267 e. The van der Waals surface area contributed by atoms with Gasteiger partial charge in [-0.25, -0.2) is 0 Å². The molecule has 0 spiro atoms. The lowest BCUT2D eigenvalue weighted by Crippen LogP contribution is -2.10. The number of benzene rings is 3. The Hall–Kier alpha value is -2.36. The first-order valence-electron chi connectivity index (χ1n) is 7.61. The van der Waals surface area contributed by atoms with Gasteiger partial charge in [0.05, 0.1) is 5.02 Å². The van der Waals surface area contributed by atoms with Crippen molar-refractivity contribution in [2.45, 2.75) is 6.92 Å². The SMILES string of the molecule is Cc1ccc2c(Cl)c(C(=O)Nc3cccc4ccccc34)sc2c1. The maximum absolute atomic E-state index is 12.7. The fourth-order valence-corrected chi connectivity index (χ4v) is 4.34. The maximum atomic E-state index is 12.7. The first-order valence-corrected chi connectivity index (χ1v) is 8.81. The molecule has 1 heterocycles. The van der Waals surface area contributed by atoms with Gasteiger partial charge in [0, 0.05) is 21.2 Å². The van der Waals surface area contributed by atoms with Crippen molar-refractivity contribution in [2.24, 2.45) is 0 Å². The summed E-state index contributed by atoms with van der Waals surface area (Å²) in [6.07, 6.45) is 0. The number of carbonyl (C=O) groups excluding carboxylic acids is 1. The normalized spacial score (nSPS) is 11.1. The second-order valence-corrected chi connectivity index (χ2v) is 7.16. The third kappa shape index (κ3) is 2.56. The van der Waals surface area contributed by atoms with E-state index in [1.165, 1.54) is 11.3 Å². The monoisotopic (exact) mass is 351 g/mol. The van der Waals surface area contributed by atoms with Crippen molar-refractivity contribution >= 4 is 55.4 Å².